The molecule has 5 heteroatoms. The summed E-state index contributed by atoms with van der Waals surface area (Å²) in [6, 6.07) is 12.5. The number of H-pyrrole nitrogens is 1. The van der Waals surface area contributed by atoms with Gasteiger partial charge in [0.25, 0.3) is 5.56 Å². The zero-order chi connectivity index (χ0) is 17.1. The molecule has 130 valence electrons. The van der Waals surface area contributed by atoms with Crippen molar-refractivity contribution in [2.45, 2.75) is 32.4 Å². The number of aryl methyl sites for hydroxylation is 1. The number of rotatable bonds is 5. The van der Waals surface area contributed by atoms with E-state index < -0.39 is 0 Å². The van der Waals surface area contributed by atoms with Crippen LogP contribution in [0.5, 0.6) is 0 Å². The Hall–Kier alpha value is -2.40. The van der Waals surface area contributed by atoms with Gasteiger partial charge < -0.3 is 4.98 Å². The van der Waals surface area contributed by atoms with Crippen molar-refractivity contribution in [1.29, 1.82) is 0 Å². The molecule has 1 aliphatic rings. The number of hydrogen-bond donors (Lipinski definition) is 1. The smallest absolute Gasteiger partial charge is 0.277 e. The van der Waals surface area contributed by atoms with E-state index in [1.54, 1.807) is 17.1 Å². The predicted molar refractivity (Wildman–Crippen MR) is 99.4 cm³/mol. The number of piperidine rings is 1. The second-order valence-corrected chi connectivity index (χ2v) is 6.97. The minimum absolute atomic E-state index is 0.0384. The summed E-state index contributed by atoms with van der Waals surface area (Å²) in [5.74, 6) is 0.693. The Labute approximate surface area is 147 Å². The quantitative estimate of drug-likeness (QED) is 0.779. The number of nitrogens with zero attached hydrogens (tertiary/aromatic N) is 3. The van der Waals surface area contributed by atoms with E-state index in [0.717, 1.165) is 38.1 Å². The minimum Gasteiger partial charge on any atom is -0.355 e. The fourth-order valence-corrected chi connectivity index (χ4v) is 3.72. The molecule has 0 saturated carbocycles. The van der Waals surface area contributed by atoms with Crippen molar-refractivity contribution in [3.8, 4) is 0 Å². The molecule has 3 heterocycles. The number of nitrogens with one attached hydrogen (secondary N) is 1. The lowest BCUT2D eigenvalue weighted by atomic mass is 9.93. The zero-order valence-electron chi connectivity index (χ0n) is 14.4. The average Bonchev–Trinajstić information content (AvgIpc) is 3.13. The molecule has 1 aliphatic heterocycles. The number of likely N-dealkylation sites (tertiary alicyclic amines) is 1. The summed E-state index contributed by atoms with van der Waals surface area (Å²) in [5, 5.41) is 0. The highest BCUT2D eigenvalue weighted by Crippen LogP contribution is 2.22. The van der Waals surface area contributed by atoms with Gasteiger partial charge in [0.1, 0.15) is 5.52 Å². The molecule has 0 atom stereocenters. The van der Waals surface area contributed by atoms with Crippen molar-refractivity contribution in [2.24, 2.45) is 5.92 Å². The van der Waals surface area contributed by atoms with Gasteiger partial charge in [-0.15, -0.1) is 0 Å². The monoisotopic (exact) mass is 336 g/mol. The number of aromatic amines is 1. The second kappa shape index (κ2) is 7.23. The van der Waals surface area contributed by atoms with Crippen LogP contribution in [0.25, 0.3) is 11.0 Å². The lowest BCUT2D eigenvalue weighted by Crippen LogP contribution is -2.34. The van der Waals surface area contributed by atoms with Crippen LogP contribution in [0.1, 0.15) is 24.8 Å². The maximum Gasteiger partial charge on any atom is 0.277 e. The highest BCUT2D eigenvalue weighted by Gasteiger charge is 2.19. The third-order valence-corrected chi connectivity index (χ3v) is 5.27. The Morgan fingerprint density at radius 3 is 2.72 bits per heavy atom. The van der Waals surface area contributed by atoms with Crippen LogP contribution in [0.2, 0.25) is 0 Å². The van der Waals surface area contributed by atoms with Gasteiger partial charge >= 0.3 is 0 Å². The molecule has 0 unspecified atom stereocenters. The van der Waals surface area contributed by atoms with E-state index in [4.69, 9.17) is 0 Å². The number of hydrogen-bond acceptors (Lipinski definition) is 3. The van der Waals surface area contributed by atoms with Gasteiger partial charge in [0.05, 0.1) is 11.8 Å². The molecule has 1 saturated heterocycles. The van der Waals surface area contributed by atoms with Crippen LogP contribution >= 0.6 is 0 Å². The zero-order valence-corrected chi connectivity index (χ0v) is 14.4. The fraction of sp³-hybridized carbons (Fsp3) is 0.400. The lowest BCUT2D eigenvalue weighted by Gasteiger charge is -2.32. The van der Waals surface area contributed by atoms with Gasteiger partial charge in [-0.2, -0.15) is 0 Å². The van der Waals surface area contributed by atoms with E-state index >= 15 is 0 Å². The van der Waals surface area contributed by atoms with E-state index in [-0.39, 0.29) is 5.56 Å². The van der Waals surface area contributed by atoms with Crippen LogP contribution in [-0.4, -0.2) is 32.5 Å². The van der Waals surface area contributed by atoms with Crippen LogP contribution in [0, 0.1) is 5.92 Å². The molecule has 1 fully saturated rings. The van der Waals surface area contributed by atoms with Gasteiger partial charge in [-0.05, 0) is 49.9 Å². The molecule has 0 bridgehead atoms. The van der Waals surface area contributed by atoms with Gasteiger partial charge in [0, 0.05) is 19.3 Å². The van der Waals surface area contributed by atoms with Crippen molar-refractivity contribution < 1.29 is 0 Å². The van der Waals surface area contributed by atoms with Gasteiger partial charge in [-0.25, -0.2) is 4.98 Å². The van der Waals surface area contributed by atoms with Crippen molar-refractivity contribution in [2.75, 3.05) is 13.1 Å². The van der Waals surface area contributed by atoms with Crippen molar-refractivity contribution in [3.63, 3.8) is 0 Å². The second-order valence-electron chi connectivity index (χ2n) is 6.97. The molecule has 2 aromatic heterocycles. The first kappa shape index (κ1) is 16.1. The Bertz CT molecular complexity index is 875. The molecule has 0 radical (unpaired) electrons. The first-order valence-electron chi connectivity index (χ1n) is 9.08. The molecular weight excluding hydrogens is 312 g/mol. The van der Waals surface area contributed by atoms with Crippen LogP contribution in [0.15, 0.2) is 53.7 Å². The van der Waals surface area contributed by atoms with Crippen LogP contribution < -0.4 is 5.56 Å². The molecule has 25 heavy (non-hydrogen) atoms. The largest absolute Gasteiger partial charge is 0.355 e. The third-order valence-electron chi connectivity index (χ3n) is 5.27. The molecule has 0 amide bonds. The van der Waals surface area contributed by atoms with Crippen molar-refractivity contribution in [1.82, 2.24) is 19.4 Å². The summed E-state index contributed by atoms with van der Waals surface area (Å²) in [5.41, 5.74) is 2.78. The van der Waals surface area contributed by atoms with E-state index in [1.807, 2.05) is 6.07 Å². The molecule has 3 aromatic rings. The summed E-state index contributed by atoms with van der Waals surface area (Å²) in [6.45, 7) is 4.08. The molecule has 0 spiro atoms. The molecule has 1 N–H and O–H groups in total. The van der Waals surface area contributed by atoms with Crippen LogP contribution in [0.3, 0.4) is 0 Å². The Kier molecular flexibility index (Phi) is 4.65. The third kappa shape index (κ3) is 3.66. The topological polar surface area (TPSA) is 53.9 Å². The van der Waals surface area contributed by atoms with Crippen molar-refractivity contribution in [3.05, 3.63) is 64.8 Å². The van der Waals surface area contributed by atoms with Gasteiger partial charge in [-0.1, -0.05) is 30.3 Å². The fourth-order valence-electron chi connectivity index (χ4n) is 3.72. The highest BCUT2D eigenvalue weighted by molar-refractivity contribution is 5.73. The molecular formula is C20H24N4O. The van der Waals surface area contributed by atoms with Gasteiger partial charge in [0.2, 0.25) is 0 Å². The maximum atomic E-state index is 12.4. The summed E-state index contributed by atoms with van der Waals surface area (Å²) < 4.78 is 1.75. The van der Waals surface area contributed by atoms with Crippen LogP contribution in [0.4, 0.5) is 0 Å². The van der Waals surface area contributed by atoms with Gasteiger partial charge in [-0.3, -0.25) is 14.3 Å². The lowest BCUT2D eigenvalue weighted by molar-refractivity contribution is 0.169. The molecule has 5 nitrogen and oxygen atoms in total. The SMILES string of the molecule is O=c1c2[nH]ccc2ncn1CCC1CCN(Cc2ccccc2)CC1. The maximum absolute atomic E-state index is 12.4. The Morgan fingerprint density at radius 1 is 1.12 bits per heavy atom. The summed E-state index contributed by atoms with van der Waals surface area (Å²) in [6.07, 6.45) is 6.92. The normalized spacial score (nSPS) is 16.5. The molecule has 0 aliphatic carbocycles. The predicted octanol–water partition coefficient (Wildman–Crippen LogP) is 3.03. The van der Waals surface area contributed by atoms with Crippen molar-refractivity contribution >= 4 is 11.0 Å². The summed E-state index contributed by atoms with van der Waals surface area (Å²) in [7, 11) is 0. The van der Waals surface area contributed by atoms with E-state index in [1.165, 1.54) is 18.4 Å². The Balaban J connectivity index is 1.30. The first-order chi connectivity index (χ1) is 12.3. The van der Waals surface area contributed by atoms with E-state index in [9.17, 15) is 4.79 Å². The first-order valence-corrected chi connectivity index (χ1v) is 9.08. The average molecular weight is 336 g/mol. The minimum atomic E-state index is 0.0384. The summed E-state index contributed by atoms with van der Waals surface area (Å²) in [4.78, 5) is 22.3. The molecule has 4 rings (SSSR count). The van der Waals surface area contributed by atoms with E-state index in [2.05, 4.69) is 45.2 Å². The van der Waals surface area contributed by atoms with E-state index in [0.29, 0.717) is 11.4 Å². The highest BCUT2D eigenvalue weighted by atomic mass is 16.1. The summed E-state index contributed by atoms with van der Waals surface area (Å²) >= 11 is 0. The number of aromatic nitrogens is 3. The number of fused-ring (bicyclic) bond motifs is 1. The Morgan fingerprint density at radius 2 is 1.92 bits per heavy atom. The van der Waals surface area contributed by atoms with Crippen LogP contribution in [-0.2, 0) is 13.1 Å². The standard InChI is InChI=1S/C20H24N4O/c25-20-19-18(6-10-21-19)22-15-24(20)13-9-16-7-11-23(12-8-16)14-17-4-2-1-3-5-17/h1-6,10,15-16,21H,7-9,11-14H2. The van der Waals surface area contributed by atoms with Gasteiger partial charge in [0.15, 0.2) is 0 Å². The number of benzene rings is 1. The molecule has 1 aromatic carbocycles.